The molecule has 1 heterocycles. The lowest BCUT2D eigenvalue weighted by molar-refractivity contribution is 0.210. The summed E-state index contributed by atoms with van der Waals surface area (Å²) in [6, 6.07) is 0. The van der Waals surface area contributed by atoms with Crippen molar-refractivity contribution in [1.82, 2.24) is 0 Å². The van der Waals surface area contributed by atoms with E-state index in [1.807, 2.05) is 0 Å². The van der Waals surface area contributed by atoms with E-state index in [1.54, 1.807) is 0 Å². The normalized spacial score (nSPS) is 36.2. The summed E-state index contributed by atoms with van der Waals surface area (Å²) in [7, 11) is 0. The maximum absolute atomic E-state index is 2.48. The molecule has 2 aliphatic rings. The van der Waals surface area contributed by atoms with E-state index in [4.69, 9.17) is 0 Å². The van der Waals surface area contributed by atoms with Crippen molar-refractivity contribution in [1.29, 1.82) is 0 Å². The van der Waals surface area contributed by atoms with Gasteiger partial charge < -0.3 is 0 Å². The van der Waals surface area contributed by atoms with E-state index in [0.717, 1.165) is 28.3 Å². The van der Waals surface area contributed by atoms with Gasteiger partial charge >= 0.3 is 0 Å². The SMILES string of the molecule is CCC(C)C1SC1CC(C)C1CCC1. The zero-order valence-electron chi connectivity index (χ0n) is 9.83. The molecule has 0 aromatic heterocycles. The van der Waals surface area contributed by atoms with Gasteiger partial charge in [-0.05, 0) is 24.2 Å². The fourth-order valence-electron chi connectivity index (χ4n) is 2.65. The van der Waals surface area contributed by atoms with Crippen molar-refractivity contribution in [2.24, 2.45) is 17.8 Å². The summed E-state index contributed by atoms with van der Waals surface area (Å²) in [4.78, 5) is 0. The minimum atomic E-state index is 0.957. The van der Waals surface area contributed by atoms with Crippen LogP contribution in [-0.4, -0.2) is 10.5 Å². The molecule has 2 rings (SSSR count). The largest absolute Gasteiger partial charge is 0.153 e. The molecule has 0 amide bonds. The first-order chi connectivity index (χ1) is 6.72. The summed E-state index contributed by atoms with van der Waals surface area (Å²) in [5.41, 5.74) is 0. The molecule has 82 valence electrons. The highest BCUT2D eigenvalue weighted by molar-refractivity contribution is 8.07. The first-order valence-electron chi connectivity index (χ1n) is 6.37. The van der Waals surface area contributed by atoms with E-state index < -0.39 is 0 Å². The molecule has 0 nitrogen and oxygen atoms in total. The Morgan fingerprint density at radius 3 is 2.43 bits per heavy atom. The maximum Gasteiger partial charge on any atom is 0.0195 e. The Morgan fingerprint density at radius 1 is 1.21 bits per heavy atom. The minimum Gasteiger partial charge on any atom is -0.153 e. The van der Waals surface area contributed by atoms with Gasteiger partial charge in [0.25, 0.3) is 0 Å². The van der Waals surface area contributed by atoms with Gasteiger partial charge in [0, 0.05) is 10.5 Å². The lowest BCUT2D eigenvalue weighted by Crippen LogP contribution is -2.21. The monoisotopic (exact) mass is 212 g/mol. The highest BCUT2D eigenvalue weighted by Crippen LogP contribution is 2.52. The third-order valence-electron chi connectivity index (χ3n) is 4.39. The molecule has 4 atom stereocenters. The smallest absolute Gasteiger partial charge is 0.0195 e. The van der Waals surface area contributed by atoms with Crippen molar-refractivity contribution in [3.8, 4) is 0 Å². The second-order valence-electron chi connectivity index (χ2n) is 5.43. The summed E-state index contributed by atoms with van der Waals surface area (Å²) in [6.07, 6.45) is 7.41. The van der Waals surface area contributed by atoms with Crippen LogP contribution in [0, 0.1) is 17.8 Å². The van der Waals surface area contributed by atoms with Crippen LogP contribution in [0.3, 0.4) is 0 Å². The maximum atomic E-state index is 2.48. The summed E-state index contributed by atoms with van der Waals surface area (Å²) in [5, 5.41) is 2.04. The van der Waals surface area contributed by atoms with Crippen LogP contribution in [0.2, 0.25) is 0 Å². The van der Waals surface area contributed by atoms with Crippen LogP contribution < -0.4 is 0 Å². The average Bonchev–Trinajstić information content (AvgIpc) is 2.79. The molecule has 14 heavy (non-hydrogen) atoms. The van der Waals surface area contributed by atoms with Crippen LogP contribution in [0.5, 0.6) is 0 Å². The predicted octanol–water partition coefficient (Wildman–Crippen LogP) is 4.34. The first kappa shape index (κ1) is 10.9. The van der Waals surface area contributed by atoms with Crippen molar-refractivity contribution in [2.75, 3.05) is 0 Å². The second kappa shape index (κ2) is 4.47. The molecule has 0 N–H and O–H groups in total. The van der Waals surface area contributed by atoms with Gasteiger partial charge in [-0.2, -0.15) is 11.8 Å². The van der Waals surface area contributed by atoms with Gasteiger partial charge in [0.05, 0.1) is 0 Å². The molecule has 1 saturated carbocycles. The zero-order chi connectivity index (χ0) is 10.1. The van der Waals surface area contributed by atoms with Crippen molar-refractivity contribution in [2.45, 2.75) is 63.4 Å². The van der Waals surface area contributed by atoms with Crippen molar-refractivity contribution in [3.05, 3.63) is 0 Å². The Labute approximate surface area is 93.2 Å². The first-order valence-corrected chi connectivity index (χ1v) is 7.32. The van der Waals surface area contributed by atoms with Gasteiger partial charge in [-0.15, -0.1) is 0 Å². The summed E-state index contributed by atoms with van der Waals surface area (Å²) in [6.45, 7) is 7.23. The molecule has 0 aromatic carbocycles. The van der Waals surface area contributed by atoms with Crippen LogP contribution in [0.15, 0.2) is 0 Å². The molecule has 2 fully saturated rings. The van der Waals surface area contributed by atoms with E-state index in [9.17, 15) is 0 Å². The third kappa shape index (κ3) is 2.29. The van der Waals surface area contributed by atoms with Crippen LogP contribution in [0.1, 0.15) is 52.9 Å². The number of hydrogen-bond donors (Lipinski definition) is 0. The van der Waals surface area contributed by atoms with Gasteiger partial charge in [0.2, 0.25) is 0 Å². The summed E-state index contributed by atoms with van der Waals surface area (Å²) < 4.78 is 0. The van der Waals surface area contributed by atoms with E-state index >= 15 is 0 Å². The Balaban J connectivity index is 1.67. The Kier molecular flexibility index (Phi) is 3.46. The Bertz CT molecular complexity index is 186. The van der Waals surface area contributed by atoms with Gasteiger partial charge in [-0.25, -0.2) is 0 Å². The lowest BCUT2D eigenvalue weighted by atomic mass is 9.75. The van der Waals surface area contributed by atoms with Gasteiger partial charge in [-0.3, -0.25) is 0 Å². The fraction of sp³-hybridized carbons (Fsp3) is 1.00. The fourth-order valence-corrected chi connectivity index (χ4v) is 4.21. The summed E-state index contributed by atoms with van der Waals surface area (Å²) in [5.74, 6) is 3.06. The van der Waals surface area contributed by atoms with Gasteiger partial charge in [-0.1, -0.05) is 46.5 Å². The van der Waals surface area contributed by atoms with Crippen molar-refractivity contribution < 1.29 is 0 Å². The molecule has 0 aromatic rings. The summed E-state index contributed by atoms with van der Waals surface area (Å²) >= 11 is 2.25. The number of rotatable bonds is 5. The lowest BCUT2D eigenvalue weighted by Gasteiger charge is -2.31. The highest BCUT2D eigenvalue weighted by atomic mass is 32.2. The average molecular weight is 212 g/mol. The number of hydrogen-bond acceptors (Lipinski definition) is 1. The van der Waals surface area contributed by atoms with Crippen LogP contribution in [0.25, 0.3) is 0 Å². The minimum absolute atomic E-state index is 0.957. The van der Waals surface area contributed by atoms with Crippen molar-refractivity contribution in [3.63, 3.8) is 0 Å². The molecular weight excluding hydrogens is 188 g/mol. The molecule has 1 aliphatic carbocycles. The van der Waals surface area contributed by atoms with Crippen molar-refractivity contribution >= 4 is 11.8 Å². The van der Waals surface area contributed by atoms with Crippen LogP contribution >= 0.6 is 11.8 Å². The molecule has 1 saturated heterocycles. The molecule has 1 heteroatoms. The zero-order valence-corrected chi connectivity index (χ0v) is 10.6. The standard InChI is InChI=1S/C13H24S/c1-4-9(2)13-12(14-13)8-10(3)11-6-5-7-11/h9-13H,4-8H2,1-3H3. The quantitative estimate of drug-likeness (QED) is 0.611. The van der Waals surface area contributed by atoms with E-state index in [0.29, 0.717) is 0 Å². The van der Waals surface area contributed by atoms with E-state index in [2.05, 4.69) is 32.5 Å². The predicted molar refractivity (Wildman–Crippen MR) is 65.7 cm³/mol. The van der Waals surface area contributed by atoms with Crippen LogP contribution in [-0.2, 0) is 0 Å². The van der Waals surface area contributed by atoms with Gasteiger partial charge in [0.15, 0.2) is 0 Å². The van der Waals surface area contributed by atoms with E-state index in [1.165, 1.54) is 32.1 Å². The topological polar surface area (TPSA) is 0 Å². The van der Waals surface area contributed by atoms with Gasteiger partial charge in [0.1, 0.15) is 0 Å². The Hall–Kier alpha value is 0.350. The molecule has 0 spiro atoms. The number of thioether (sulfide) groups is 1. The van der Waals surface area contributed by atoms with E-state index in [-0.39, 0.29) is 0 Å². The van der Waals surface area contributed by atoms with Crippen LogP contribution in [0.4, 0.5) is 0 Å². The molecular formula is C13H24S. The third-order valence-corrected chi connectivity index (χ3v) is 6.01. The molecule has 4 unspecified atom stereocenters. The molecule has 0 radical (unpaired) electrons. The Morgan fingerprint density at radius 2 is 1.93 bits per heavy atom. The molecule has 0 bridgehead atoms. The highest BCUT2D eigenvalue weighted by Gasteiger charge is 2.42. The second-order valence-corrected chi connectivity index (χ2v) is 6.85. The molecule has 1 aliphatic heterocycles.